The number of pyridine rings is 2. The summed E-state index contributed by atoms with van der Waals surface area (Å²) in [7, 11) is -1.93. The Bertz CT molecular complexity index is 1130. The van der Waals surface area contributed by atoms with E-state index in [-0.39, 0.29) is 4.90 Å². The van der Waals surface area contributed by atoms with E-state index in [1.165, 1.54) is 4.31 Å². The molecule has 8 nitrogen and oxygen atoms in total. The lowest BCUT2D eigenvalue weighted by atomic mass is 10.0. The summed E-state index contributed by atoms with van der Waals surface area (Å²) in [6.45, 7) is 2.28. The van der Waals surface area contributed by atoms with Gasteiger partial charge in [-0.15, -0.1) is 0 Å². The molecule has 3 N–H and O–H groups in total. The van der Waals surface area contributed by atoms with Crippen molar-refractivity contribution in [3.05, 3.63) is 54.9 Å². The van der Waals surface area contributed by atoms with E-state index in [0.29, 0.717) is 37.9 Å². The summed E-state index contributed by atoms with van der Waals surface area (Å²) in [4.78, 5) is 8.81. The first kappa shape index (κ1) is 20.3. The molecule has 3 aromatic rings. The van der Waals surface area contributed by atoms with Gasteiger partial charge in [-0.25, -0.2) is 18.4 Å². The average molecular weight is 426 g/mol. The second-order valence-electron chi connectivity index (χ2n) is 6.92. The van der Waals surface area contributed by atoms with Crippen molar-refractivity contribution in [3.8, 4) is 28.1 Å². The summed E-state index contributed by atoms with van der Waals surface area (Å²) in [5, 5.41) is 3.16. The summed E-state index contributed by atoms with van der Waals surface area (Å²) < 4.78 is 32.3. The predicted octanol–water partition coefficient (Wildman–Crippen LogP) is 2.00. The molecule has 0 spiro atoms. The minimum atomic E-state index is -3.49. The SMILES string of the molecule is COc1ccc(-c2cc(-c3ccc(S(=O)(=O)N4CCNCC4)cc3)cnc2N)cn1. The molecule has 1 aliphatic rings. The fourth-order valence-electron chi connectivity index (χ4n) is 3.38. The van der Waals surface area contributed by atoms with Gasteiger partial charge in [0.15, 0.2) is 0 Å². The Morgan fingerprint density at radius 3 is 2.27 bits per heavy atom. The fraction of sp³-hybridized carbons (Fsp3) is 0.238. The molecule has 0 unspecified atom stereocenters. The lowest BCUT2D eigenvalue weighted by Gasteiger charge is -2.26. The van der Waals surface area contributed by atoms with E-state index in [4.69, 9.17) is 10.5 Å². The van der Waals surface area contributed by atoms with E-state index in [0.717, 1.165) is 22.3 Å². The third-order valence-electron chi connectivity index (χ3n) is 5.08. The summed E-state index contributed by atoms with van der Waals surface area (Å²) in [5.41, 5.74) is 9.33. The largest absolute Gasteiger partial charge is 0.481 e. The average Bonchev–Trinajstić information content (AvgIpc) is 2.80. The zero-order chi connectivity index (χ0) is 21.1. The smallest absolute Gasteiger partial charge is 0.243 e. The third kappa shape index (κ3) is 4.00. The molecule has 0 amide bonds. The molecule has 0 atom stereocenters. The van der Waals surface area contributed by atoms with Crippen molar-refractivity contribution in [3.63, 3.8) is 0 Å². The molecule has 1 aromatic carbocycles. The van der Waals surface area contributed by atoms with Gasteiger partial charge in [0.05, 0.1) is 12.0 Å². The van der Waals surface area contributed by atoms with Gasteiger partial charge in [0, 0.05) is 61.3 Å². The predicted molar refractivity (Wildman–Crippen MR) is 115 cm³/mol. The van der Waals surface area contributed by atoms with Crippen LogP contribution < -0.4 is 15.8 Å². The number of rotatable bonds is 5. The Balaban J connectivity index is 1.63. The van der Waals surface area contributed by atoms with Gasteiger partial charge in [-0.1, -0.05) is 12.1 Å². The normalized spacial score (nSPS) is 15.1. The number of nitrogens with zero attached hydrogens (tertiary/aromatic N) is 3. The minimum absolute atomic E-state index is 0.288. The van der Waals surface area contributed by atoms with Crippen molar-refractivity contribution < 1.29 is 13.2 Å². The molecule has 0 radical (unpaired) electrons. The highest BCUT2D eigenvalue weighted by Crippen LogP contribution is 2.30. The number of aromatic nitrogens is 2. The first-order chi connectivity index (χ1) is 14.5. The molecule has 4 rings (SSSR count). The standard InChI is InChI=1S/C21H23N5O3S/c1-29-20-7-4-16(13-24-20)19-12-17(14-25-21(19)22)15-2-5-18(6-3-15)30(27,28)26-10-8-23-9-11-26/h2-7,12-14,23H,8-11H2,1H3,(H2,22,25). The highest BCUT2D eigenvalue weighted by atomic mass is 32.2. The monoisotopic (exact) mass is 425 g/mol. The maximum absolute atomic E-state index is 12.8. The maximum atomic E-state index is 12.8. The van der Waals surface area contributed by atoms with Crippen LogP contribution >= 0.6 is 0 Å². The molecule has 9 heteroatoms. The van der Waals surface area contributed by atoms with Crippen LogP contribution in [-0.2, 0) is 10.0 Å². The maximum Gasteiger partial charge on any atom is 0.243 e. The summed E-state index contributed by atoms with van der Waals surface area (Å²) in [6.07, 6.45) is 3.36. The summed E-state index contributed by atoms with van der Waals surface area (Å²) in [5.74, 6) is 0.909. The Labute approximate surface area is 175 Å². The number of benzene rings is 1. The van der Waals surface area contributed by atoms with E-state index >= 15 is 0 Å². The molecule has 156 valence electrons. The van der Waals surface area contributed by atoms with Crippen LogP contribution in [0.4, 0.5) is 5.82 Å². The second-order valence-corrected chi connectivity index (χ2v) is 8.86. The first-order valence-corrected chi connectivity index (χ1v) is 11.0. The van der Waals surface area contributed by atoms with Crippen LogP contribution in [0, 0.1) is 0 Å². The highest BCUT2D eigenvalue weighted by molar-refractivity contribution is 7.89. The van der Waals surface area contributed by atoms with Crippen molar-refractivity contribution >= 4 is 15.8 Å². The van der Waals surface area contributed by atoms with Crippen LogP contribution in [0.3, 0.4) is 0 Å². The summed E-state index contributed by atoms with van der Waals surface area (Å²) in [6, 6.07) is 12.4. The number of hydrogen-bond donors (Lipinski definition) is 2. The topological polar surface area (TPSA) is 110 Å². The molecule has 2 aromatic heterocycles. The Hall–Kier alpha value is -3.01. The van der Waals surface area contributed by atoms with Crippen molar-refractivity contribution in [2.24, 2.45) is 0 Å². The number of anilines is 1. The van der Waals surface area contributed by atoms with Gasteiger partial charge < -0.3 is 15.8 Å². The van der Waals surface area contributed by atoms with E-state index in [2.05, 4.69) is 15.3 Å². The number of sulfonamides is 1. The van der Waals surface area contributed by atoms with E-state index in [9.17, 15) is 8.42 Å². The summed E-state index contributed by atoms with van der Waals surface area (Å²) >= 11 is 0. The quantitative estimate of drug-likeness (QED) is 0.643. The number of methoxy groups -OCH3 is 1. The Morgan fingerprint density at radius 2 is 1.63 bits per heavy atom. The van der Waals surface area contributed by atoms with Crippen LogP contribution in [0.25, 0.3) is 22.3 Å². The van der Waals surface area contributed by atoms with Gasteiger partial charge in [-0.3, -0.25) is 0 Å². The van der Waals surface area contributed by atoms with Crippen LogP contribution in [0.5, 0.6) is 5.88 Å². The molecule has 0 aliphatic carbocycles. The van der Waals surface area contributed by atoms with Crippen LogP contribution in [-0.4, -0.2) is 56.0 Å². The number of ether oxygens (including phenoxy) is 1. The molecular formula is C21H23N5O3S. The third-order valence-corrected chi connectivity index (χ3v) is 6.99. The fourth-order valence-corrected chi connectivity index (χ4v) is 4.82. The van der Waals surface area contributed by atoms with Gasteiger partial charge in [-0.05, 0) is 29.8 Å². The van der Waals surface area contributed by atoms with Gasteiger partial charge >= 0.3 is 0 Å². The van der Waals surface area contributed by atoms with Crippen molar-refractivity contribution in [1.82, 2.24) is 19.6 Å². The number of hydrogen-bond acceptors (Lipinski definition) is 7. The number of piperazine rings is 1. The zero-order valence-corrected chi connectivity index (χ0v) is 17.4. The van der Waals surface area contributed by atoms with Gasteiger partial charge in [0.2, 0.25) is 15.9 Å². The minimum Gasteiger partial charge on any atom is -0.481 e. The van der Waals surface area contributed by atoms with Gasteiger partial charge in [0.25, 0.3) is 0 Å². The zero-order valence-electron chi connectivity index (χ0n) is 16.6. The highest BCUT2D eigenvalue weighted by Gasteiger charge is 2.25. The van der Waals surface area contributed by atoms with E-state index in [1.54, 1.807) is 49.8 Å². The molecule has 1 fully saturated rings. The van der Waals surface area contributed by atoms with E-state index < -0.39 is 10.0 Å². The second kappa shape index (κ2) is 8.39. The van der Waals surface area contributed by atoms with E-state index in [1.807, 2.05) is 12.1 Å². The number of nitrogen functional groups attached to an aromatic ring is 1. The molecule has 30 heavy (non-hydrogen) atoms. The van der Waals surface area contributed by atoms with Gasteiger partial charge in [0.1, 0.15) is 5.82 Å². The molecule has 3 heterocycles. The molecule has 0 saturated carbocycles. The number of nitrogens with one attached hydrogen (secondary N) is 1. The lowest BCUT2D eigenvalue weighted by molar-refractivity contribution is 0.360. The molecule has 1 aliphatic heterocycles. The van der Waals surface area contributed by atoms with Crippen molar-refractivity contribution in [1.29, 1.82) is 0 Å². The van der Waals surface area contributed by atoms with Crippen LogP contribution in [0.2, 0.25) is 0 Å². The Kier molecular flexibility index (Phi) is 5.67. The lowest BCUT2D eigenvalue weighted by Crippen LogP contribution is -2.46. The van der Waals surface area contributed by atoms with Crippen molar-refractivity contribution in [2.45, 2.75) is 4.90 Å². The number of nitrogens with two attached hydrogens (primary N) is 1. The van der Waals surface area contributed by atoms with Crippen molar-refractivity contribution in [2.75, 3.05) is 39.0 Å². The Morgan fingerprint density at radius 1 is 0.967 bits per heavy atom. The first-order valence-electron chi connectivity index (χ1n) is 9.56. The van der Waals surface area contributed by atoms with Gasteiger partial charge in [-0.2, -0.15) is 4.31 Å². The van der Waals surface area contributed by atoms with Crippen LogP contribution in [0.15, 0.2) is 59.8 Å². The molecule has 1 saturated heterocycles. The van der Waals surface area contributed by atoms with Crippen LogP contribution in [0.1, 0.15) is 0 Å². The molecular weight excluding hydrogens is 402 g/mol. The molecule has 0 bridgehead atoms.